The number of carbonyl (C=O) groups is 2. The molecule has 0 radical (unpaired) electrons. The van der Waals surface area contributed by atoms with Crippen LogP contribution in [0.3, 0.4) is 0 Å². The van der Waals surface area contributed by atoms with E-state index in [0.717, 1.165) is 12.2 Å². The summed E-state index contributed by atoms with van der Waals surface area (Å²) in [4.78, 5) is 23.0. The maximum absolute atomic E-state index is 11.5. The summed E-state index contributed by atoms with van der Waals surface area (Å²) in [5.74, 6) is -1.90. The first kappa shape index (κ1) is 25.8. The van der Waals surface area contributed by atoms with Crippen molar-refractivity contribution in [3.63, 3.8) is 0 Å². The third-order valence-electron chi connectivity index (χ3n) is 2.50. The Morgan fingerprint density at radius 3 is 1.79 bits per heavy atom. The molecule has 0 aliphatic carbocycles. The molecule has 0 fully saturated rings. The number of allylic oxidation sites excluding steroid dienone is 2. The van der Waals surface area contributed by atoms with E-state index in [-0.39, 0.29) is 75.7 Å². The first-order valence-corrected chi connectivity index (χ1v) is 6.69. The number of anilines is 2. The molecule has 0 aliphatic heterocycles. The van der Waals surface area contributed by atoms with Gasteiger partial charge in [0.1, 0.15) is 0 Å². The summed E-state index contributed by atoms with van der Waals surface area (Å²) < 4.78 is 0. The molecule has 1 rings (SSSR count). The number of amides is 2. The molecule has 2 N–H and O–H groups in total. The van der Waals surface area contributed by atoms with Gasteiger partial charge in [0.05, 0.1) is 10.7 Å². The van der Waals surface area contributed by atoms with E-state index < -0.39 is 11.8 Å². The largest absolute Gasteiger partial charge is 1.00 e. The van der Waals surface area contributed by atoms with Gasteiger partial charge in [-0.25, -0.2) is 0 Å². The molecule has 0 saturated heterocycles. The van der Waals surface area contributed by atoms with E-state index in [4.69, 9.17) is 11.6 Å². The van der Waals surface area contributed by atoms with Gasteiger partial charge >= 0.3 is 59.1 Å². The summed E-state index contributed by atoms with van der Waals surface area (Å²) in [7, 11) is 0. The maximum Gasteiger partial charge on any atom is 1.00 e. The number of aryl methyl sites for hydroxylation is 1. The molecule has 0 heterocycles. The number of carbonyl (C=O) groups excluding carboxylic acids is 2. The SMILES string of the molecule is C/C([O-])=C/C(=O)Nc1cc(C)c(NC(=O)/C=C(\C)[O-])cc1Cl.[Na+].[Na+]. The molecular formula is C15H15ClN2Na2O4. The van der Waals surface area contributed by atoms with Crippen LogP contribution in [0.5, 0.6) is 0 Å². The molecule has 0 atom stereocenters. The van der Waals surface area contributed by atoms with Gasteiger partial charge < -0.3 is 20.8 Å². The van der Waals surface area contributed by atoms with Crippen LogP contribution in [0.15, 0.2) is 35.8 Å². The van der Waals surface area contributed by atoms with Crippen molar-refractivity contribution in [2.75, 3.05) is 10.6 Å². The molecule has 6 nitrogen and oxygen atoms in total. The minimum absolute atomic E-state index is 0. The van der Waals surface area contributed by atoms with Crippen LogP contribution in [0.25, 0.3) is 0 Å². The van der Waals surface area contributed by atoms with Gasteiger partial charge in [-0.15, -0.1) is 11.5 Å². The zero-order valence-electron chi connectivity index (χ0n) is 14.3. The molecule has 0 aromatic heterocycles. The van der Waals surface area contributed by atoms with Gasteiger partial charge in [0.2, 0.25) is 11.8 Å². The summed E-state index contributed by atoms with van der Waals surface area (Å²) in [5, 5.41) is 26.9. The van der Waals surface area contributed by atoms with Crippen LogP contribution in [-0.2, 0) is 9.59 Å². The molecular weight excluding hydrogens is 354 g/mol. The Labute approximate surface area is 189 Å². The minimum Gasteiger partial charge on any atom is -0.875 e. The Bertz CT molecular complexity index is 610. The molecule has 0 bridgehead atoms. The average Bonchev–Trinajstić information content (AvgIpc) is 2.33. The van der Waals surface area contributed by atoms with Crippen molar-refractivity contribution in [1.29, 1.82) is 0 Å². The van der Waals surface area contributed by atoms with Gasteiger partial charge in [0.15, 0.2) is 0 Å². The fraction of sp³-hybridized carbons (Fsp3) is 0.200. The Kier molecular flexibility index (Phi) is 12.9. The normalized spacial score (nSPS) is 11.0. The third kappa shape index (κ3) is 9.13. The van der Waals surface area contributed by atoms with Gasteiger partial charge in [0.25, 0.3) is 0 Å². The van der Waals surface area contributed by atoms with Crippen molar-refractivity contribution in [3.05, 3.63) is 46.4 Å². The topological polar surface area (TPSA) is 104 Å². The monoisotopic (exact) mass is 368 g/mol. The summed E-state index contributed by atoms with van der Waals surface area (Å²) in [6.45, 7) is 4.23. The fourth-order valence-corrected chi connectivity index (χ4v) is 1.83. The van der Waals surface area contributed by atoms with Crippen LogP contribution >= 0.6 is 11.6 Å². The smallest absolute Gasteiger partial charge is 0.875 e. The quantitative estimate of drug-likeness (QED) is 0.316. The van der Waals surface area contributed by atoms with Crippen LogP contribution in [0.4, 0.5) is 11.4 Å². The van der Waals surface area contributed by atoms with E-state index in [1.807, 2.05) is 0 Å². The Morgan fingerprint density at radius 2 is 1.38 bits per heavy atom. The van der Waals surface area contributed by atoms with Crippen LogP contribution in [-0.4, -0.2) is 11.8 Å². The van der Waals surface area contributed by atoms with Gasteiger partial charge in [-0.05, 0) is 36.8 Å². The number of halogens is 1. The Morgan fingerprint density at radius 1 is 0.958 bits per heavy atom. The molecule has 2 amide bonds. The van der Waals surface area contributed by atoms with E-state index in [9.17, 15) is 19.8 Å². The van der Waals surface area contributed by atoms with Crippen molar-refractivity contribution in [2.24, 2.45) is 0 Å². The number of rotatable bonds is 4. The van der Waals surface area contributed by atoms with Gasteiger partial charge in [0, 0.05) is 5.69 Å². The molecule has 0 unspecified atom stereocenters. The van der Waals surface area contributed by atoms with E-state index in [1.54, 1.807) is 13.0 Å². The minimum atomic E-state index is -0.588. The van der Waals surface area contributed by atoms with Crippen molar-refractivity contribution >= 4 is 34.8 Å². The fourth-order valence-electron chi connectivity index (χ4n) is 1.62. The second kappa shape index (κ2) is 12.0. The molecule has 9 heteroatoms. The van der Waals surface area contributed by atoms with Crippen molar-refractivity contribution in [3.8, 4) is 0 Å². The molecule has 0 spiro atoms. The number of nitrogens with one attached hydrogen (secondary N) is 2. The summed E-state index contributed by atoms with van der Waals surface area (Å²) in [6.07, 6.45) is 1.83. The zero-order chi connectivity index (χ0) is 16.9. The first-order valence-electron chi connectivity index (χ1n) is 6.31. The summed E-state index contributed by atoms with van der Waals surface area (Å²) in [6, 6.07) is 3.00. The van der Waals surface area contributed by atoms with Crippen LogP contribution < -0.4 is 80.0 Å². The van der Waals surface area contributed by atoms with Gasteiger partial charge in [-0.3, -0.25) is 9.59 Å². The molecule has 118 valence electrons. The van der Waals surface area contributed by atoms with E-state index in [1.165, 1.54) is 19.9 Å². The predicted octanol–water partition coefficient (Wildman–Crippen LogP) is -4.94. The maximum atomic E-state index is 11.5. The first-order chi connectivity index (χ1) is 10.2. The Hall–Kier alpha value is -0.470. The van der Waals surface area contributed by atoms with Crippen LogP contribution in [0.2, 0.25) is 5.02 Å². The summed E-state index contributed by atoms with van der Waals surface area (Å²) in [5.41, 5.74) is 1.36. The van der Waals surface area contributed by atoms with Crippen molar-refractivity contribution in [1.82, 2.24) is 0 Å². The number of hydrogen-bond acceptors (Lipinski definition) is 4. The van der Waals surface area contributed by atoms with Crippen molar-refractivity contribution < 1.29 is 78.9 Å². The summed E-state index contributed by atoms with van der Waals surface area (Å²) >= 11 is 6.03. The van der Waals surface area contributed by atoms with E-state index in [0.29, 0.717) is 16.9 Å². The second-order valence-electron chi connectivity index (χ2n) is 4.64. The van der Waals surface area contributed by atoms with E-state index in [2.05, 4.69) is 10.6 Å². The molecule has 1 aromatic carbocycles. The number of hydrogen-bond donors (Lipinski definition) is 2. The standard InChI is InChI=1S/C15H17ClN2O4.2Na/c1-8-4-13(18-15(22)6-10(3)20)11(16)7-12(8)17-14(21)5-9(2)19;;/h4-7,19-20H,1-3H3,(H,17,21)(H,18,22);;/q;2*+1/p-2/b9-5+,10-6-;;. The van der Waals surface area contributed by atoms with Crippen LogP contribution in [0.1, 0.15) is 19.4 Å². The predicted molar refractivity (Wildman–Crippen MR) is 81.0 cm³/mol. The molecule has 0 saturated carbocycles. The average molecular weight is 369 g/mol. The van der Waals surface area contributed by atoms with E-state index >= 15 is 0 Å². The van der Waals surface area contributed by atoms with Gasteiger partial charge in [-0.2, -0.15) is 0 Å². The molecule has 0 aliphatic rings. The Balaban J connectivity index is 0. The molecule has 24 heavy (non-hydrogen) atoms. The number of benzene rings is 1. The molecule has 1 aromatic rings. The zero-order valence-corrected chi connectivity index (χ0v) is 19.1. The third-order valence-corrected chi connectivity index (χ3v) is 2.81. The van der Waals surface area contributed by atoms with Crippen LogP contribution in [0, 0.1) is 6.92 Å². The van der Waals surface area contributed by atoms with Gasteiger partial charge in [-0.1, -0.05) is 25.4 Å². The van der Waals surface area contributed by atoms with Crippen molar-refractivity contribution in [2.45, 2.75) is 20.8 Å². The second-order valence-corrected chi connectivity index (χ2v) is 5.04.